The zero-order valence-electron chi connectivity index (χ0n) is 19.4. The highest BCUT2D eigenvalue weighted by Gasteiger charge is 2.38. The number of anilines is 1. The van der Waals surface area contributed by atoms with Crippen LogP contribution in [-0.4, -0.2) is 34.9 Å². The first-order valence-corrected chi connectivity index (χ1v) is 12.3. The number of H-pyrrole nitrogens is 1. The molecule has 3 aromatic rings. The van der Waals surface area contributed by atoms with Crippen LogP contribution in [0.1, 0.15) is 43.4 Å². The lowest BCUT2D eigenvalue weighted by Gasteiger charge is -2.30. The van der Waals surface area contributed by atoms with Gasteiger partial charge in [0, 0.05) is 0 Å². The van der Waals surface area contributed by atoms with Gasteiger partial charge in [0.05, 0.1) is 36.0 Å². The molecule has 7 nitrogen and oxygen atoms in total. The number of esters is 1. The molecule has 1 unspecified atom stereocenters. The van der Waals surface area contributed by atoms with Crippen molar-refractivity contribution in [3.05, 3.63) is 87.2 Å². The Morgan fingerprint density at radius 3 is 2.41 bits per heavy atom. The number of carbonyl (C=O) groups excluding carboxylic acids is 1. The molecular formula is C26H27N3O4S. The van der Waals surface area contributed by atoms with Gasteiger partial charge in [-0.05, 0) is 42.9 Å². The van der Waals surface area contributed by atoms with Gasteiger partial charge in [0.15, 0.2) is 5.16 Å². The summed E-state index contributed by atoms with van der Waals surface area (Å²) >= 11 is 1.45. The van der Waals surface area contributed by atoms with E-state index in [4.69, 9.17) is 9.47 Å². The molecule has 0 saturated heterocycles. The zero-order valence-corrected chi connectivity index (χ0v) is 20.2. The summed E-state index contributed by atoms with van der Waals surface area (Å²) in [6, 6.07) is 17.0. The Labute approximate surface area is 202 Å². The highest BCUT2D eigenvalue weighted by molar-refractivity contribution is 7.99. The van der Waals surface area contributed by atoms with E-state index in [1.165, 1.54) is 11.8 Å². The van der Waals surface area contributed by atoms with Crippen molar-refractivity contribution in [1.82, 2.24) is 9.97 Å². The summed E-state index contributed by atoms with van der Waals surface area (Å²) in [5.74, 6) is 0.764. The predicted octanol–water partition coefficient (Wildman–Crippen LogP) is 4.81. The summed E-state index contributed by atoms with van der Waals surface area (Å²) in [7, 11) is 0. The summed E-state index contributed by atoms with van der Waals surface area (Å²) in [6.07, 6.45) is 0. The van der Waals surface area contributed by atoms with Gasteiger partial charge < -0.3 is 19.8 Å². The molecule has 34 heavy (non-hydrogen) atoms. The molecule has 1 aliphatic rings. The van der Waals surface area contributed by atoms with E-state index in [1.54, 1.807) is 6.92 Å². The molecule has 1 aromatic heterocycles. The Bertz CT molecular complexity index is 1250. The van der Waals surface area contributed by atoms with Gasteiger partial charge in [-0.3, -0.25) is 4.79 Å². The standard InChI is InChI=1S/C26H27N3O4S/c1-4-32-18-14-12-16(13-15-18)19-20(25(31)33-5-2)22(17-10-8-7-9-11-17)27-23-21(19)24(30)29-26(28-23)34-6-3/h7-15,19H,4-6H2,1-3H3,(H2,27,28,29,30). The number of rotatable bonds is 8. The molecule has 1 aliphatic heterocycles. The monoisotopic (exact) mass is 477 g/mol. The lowest BCUT2D eigenvalue weighted by molar-refractivity contribution is -0.138. The van der Waals surface area contributed by atoms with Crippen molar-refractivity contribution in [3.63, 3.8) is 0 Å². The molecule has 176 valence electrons. The largest absolute Gasteiger partial charge is 0.494 e. The smallest absolute Gasteiger partial charge is 0.337 e. The van der Waals surface area contributed by atoms with Crippen molar-refractivity contribution < 1.29 is 14.3 Å². The van der Waals surface area contributed by atoms with Gasteiger partial charge in [-0.25, -0.2) is 9.78 Å². The molecule has 0 aliphatic carbocycles. The zero-order chi connectivity index (χ0) is 24.1. The molecule has 0 bridgehead atoms. The van der Waals surface area contributed by atoms with Crippen LogP contribution in [0.15, 0.2) is 70.1 Å². The van der Waals surface area contributed by atoms with E-state index in [9.17, 15) is 9.59 Å². The van der Waals surface area contributed by atoms with Crippen molar-refractivity contribution in [3.8, 4) is 5.75 Å². The minimum Gasteiger partial charge on any atom is -0.494 e. The van der Waals surface area contributed by atoms with Crippen molar-refractivity contribution in [2.75, 3.05) is 24.3 Å². The van der Waals surface area contributed by atoms with Crippen LogP contribution in [0.25, 0.3) is 5.70 Å². The second kappa shape index (κ2) is 10.6. The molecule has 0 fully saturated rings. The minimum atomic E-state index is -0.668. The maximum Gasteiger partial charge on any atom is 0.337 e. The average Bonchev–Trinajstić information content (AvgIpc) is 2.84. The fourth-order valence-corrected chi connectivity index (χ4v) is 4.62. The molecular weight excluding hydrogens is 450 g/mol. The topological polar surface area (TPSA) is 93.3 Å². The van der Waals surface area contributed by atoms with Gasteiger partial charge in [0.2, 0.25) is 0 Å². The van der Waals surface area contributed by atoms with Crippen molar-refractivity contribution in [1.29, 1.82) is 0 Å². The van der Waals surface area contributed by atoms with E-state index < -0.39 is 11.9 Å². The summed E-state index contributed by atoms with van der Waals surface area (Å²) in [6.45, 7) is 6.44. The van der Waals surface area contributed by atoms with Gasteiger partial charge in [0.25, 0.3) is 5.56 Å². The van der Waals surface area contributed by atoms with Crippen LogP contribution in [0.4, 0.5) is 5.82 Å². The van der Waals surface area contributed by atoms with Gasteiger partial charge in [-0.15, -0.1) is 0 Å². The number of ether oxygens (including phenoxy) is 2. The number of hydrogen-bond acceptors (Lipinski definition) is 7. The minimum absolute atomic E-state index is 0.216. The van der Waals surface area contributed by atoms with Gasteiger partial charge in [-0.2, -0.15) is 0 Å². The van der Waals surface area contributed by atoms with Crippen LogP contribution < -0.4 is 15.6 Å². The lowest BCUT2D eigenvalue weighted by atomic mass is 9.81. The quantitative estimate of drug-likeness (QED) is 0.273. The number of benzene rings is 2. The summed E-state index contributed by atoms with van der Waals surface area (Å²) < 4.78 is 11.1. The Morgan fingerprint density at radius 2 is 1.76 bits per heavy atom. The van der Waals surface area contributed by atoms with E-state index in [1.807, 2.05) is 68.4 Å². The normalized spacial score (nSPS) is 14.9. The average molecular weight is 478 g/mol. The highest BCUT2D eigenvalue weighted by Crippen LogP contribution is 2.43. The molecule has 0 spiro atoms. The number of aromatic nitrogens is 2. The summed E-state index contributed by atoms with van der Waals surface area (Å²) in [5.41, 5.74) is 2.61. The van der Waals surface area contributed by atoms with Crippen LogP contribution in [0.5, 0.6) is 5.75 Å². The molecule has 8 heteroatoms. The van der Waals surface area contributed by atoms with Crippen LogP contribution in [0, 0.1) is 0 Å². The summed E-state index contributed by atoms with van der Waals surface area (Å²) in [4.78, 5) is 34.2. The third-order valence-electron chi connectivity index (χ3n) is 5.39. The predicted molar refractivity (Wildman–Crippen MR) is 134 cm³/mol. The summed E-state index contributed by atoms with van der Waals surface area (Å²) in [5, 5.41) is 3.81. The maximum atomic E-state index is 13.3. The first-order chi connectivity index (χ1) is 16.6. The number of nitrogens with zero attached hydrogens (tertiary/aromatic N) is 1. The van der Waals surface area contributed by atoms with Gasteiger partial charge in [0.1, 0.15) is 11.6 Å². The van der Waals surface area contributed by atoms with Crippen LogP contribution in [-0.2, 0) is 9.53 Å². The highest BCUT2D eigenvalue weighted by atomic mass is 32.2. The van der Waals surface area contributed by atoms with Crippen molar-refractivity contribution in [2.45, 2.75) is 31.8 Å². The Hall–Kier alpha value is -3.52. The van der Waals surface area contributed by atoms with Crippen molar-refractivity contribution >= 4 is 29.2 Å². The maximum absolute atomic E-state index is 13.3. The molecule has 2 aromatic carbocycles. The lowest BCUT2D eigenvalue weighted by Crippen LogP contribution is -2.31. The number of carbonyl (C=O) groups is 1. The number of hydrogen-bond donors (Lipinski definition) is 2. The number of thioether (sulfide) groups is 1. The van der Waals surface area contributed by atoms with Gasteiger partial charge >= 0.3 is 5.97 Å². The van der Waals surface area contributed by atoms with Crippen LogP contribution in [0.2, 0.25) is 0 Å². The third kappa shape index (κ3) is 4.72. The molecule has 0 saturated carbocycles. The first kappa shape index (κ1) is 23.6. The van der Waals surface area contributed by atoms with Crippen molar-refractivity contribution in [2.24, 2.45) is 0 Å². The fourth-order valence-electron chi connectivity index (χ4n) is 4.02. The molecule has 1 atom stereocenters. The molecule has 0 radical (unpaired) electrons. The second-order valence-electron chi connectivity index (χ2n) is 7.50. The van der Waals surface area contributed by atoms with E-state index in [2.05, 4.69) is 15.3 Å². The molecule has 4 rings (SSSR count). The Kier molecular flexibility index (Phi) is 7.37. The Balaban J connectivity index is 1.98. The van der Waals surface area contributed by atoms with E-state index in [0.29, 0.717) is 40.2 Å². The number of aromatic amines is 1. The van der Waals surface area contributed by atoms with Gasteiger partial charge in [-0.1, -0.05) is 61.2 Å². The fraction of sp³-hybridized carbons (Fsp3) is 0.269. The number of fused-ring (bicyclic) bond motifs is 1. The van der Waals surface area contributed by atoms with Crippen LogP contribution >= 0.6 is 11.8 Å². The first-order valence-electron chi connectivity index (χ1n) is 11.3. The molecule has 2 heterocycles. The Morgan fingerprint density at radius 1 is 1.03 bits per heavy atom. The SMILES string of the molecule is CCOC(=O)C1=C(c2ccccc2)Nc2nc(SCC)[nH]c(=O)c2C1c1ccc(OCC)cc1. The van der Waals surface area contributed by atoms with Crippen LogP contribution in [0.3, 0.4) is 0 Å². The van der Waals surface area contributed by atoms with E-state index in [-0.39, 0.29) is 12.2 Å². The molecule has 0 amide bonds. The second-order valence-corrected chi connectivity index (χ2v) is 8.75. The number of nitrogens with one attached hydrogen (secondary N) is 2. The van der Waals surface area contributed by atoms with E-state index >= 15 is 0 Å². The molecule has 2 N–H and O–H groups in total. The van der Waals surface area contributed by atoms with E-state index in [0.717, 1.165) is 16.9 Å². The third-order valence-corrected chi connectivity index (χ3v) is 6.14.